The molecular formula is C34H40F7N3O4. The molecule has 0 radical (unpaired) electrons. The number of carbonyl (C=O) groups excluding carboxylic acids is 3. The third kappa shape index (κ3) is 8.98. The highest BCUT2D eigenvalue weighted by Gasteiger charge is 2.42. The van der Waals surface area contributed by atoms with Gasteiger partial charge in [0.1, 0.15) is 11.4 Å². The first-order valence-electron chi connectivity index (χ1n) is 15.7. The van der Waals surface area contributed by atoms with Crippen LogP contribution in [-0.2, 0) is 33.2 Å². The number of piperidine rings is 2. The summed E-state index contributed by atoms with van der Waals surface area (Å²) in [5.41, 5.74) is -2.81. The number of carbonyl (C=O) groups is 3. The largest absolute Gasteiger partial charge is 0.444 e. The van der Waals surface area contributed by atoms with Crippen molar-refractivity contribution < 1.29 is 49.9 Å². The van der Waals surface area contributed by atoms with Crippen LogP contribution in [0.25, 0.3) is 0 Å². The van der Waals surface area contributed by atoms with Gasteiger partial charge >= 0.3 is 18.4 Å². The number of hydrogen-bond acceptors (Lipinski definition) is 4. The molecule has 0 unspecified atom stereocenters. The van der Waals surface area contributed by atoms with Crippen molar-refractivity contribution in [3.8, 4) is 0 Å². The second-order valence-corrected chi connectivity index (χ2v) is 13.6. The molecule has 14 heteroatoms. The standard InChI is InChI=1S/C34H40F7N3O4/c1-20-14-25(35)6-7-26(20)28-19-44(29(45)22-8-11-43(12-9-22)31(47)48-32(2,3)4)13-10-27(28)30(46)42(5)18-21-15-23(33(36,37)38)17-24(16-21)34(39,40)41/h6-7,14-17,22,27-28H,8-13,18-19H2,1-5H3/t27-,28+/m1/s1. The number of alkyl halides is 6. The summed E-state index contributed by atoms with van der Waals surface area (Å²) in [6.07, 6.45) is -9.52. The molecule has 0 aromatic heterocycles. The molecule has 48 heavy (non-hydrogen) atoms. The highest BCUT2D eigenvalue weighted by atomic mass is 19.4. The number of hydrogen-bond donors (Lipinski definition) is 0. The lowest BCUT2D eigenvalue weighted by Gasteiger charge is -2.42. The summed E-state index contributed by atoms with van der Waals surface area (Å²) >= 11 is 0. The number of ether oxygens (including phenoxy) is 1. The first-order valence-corrected chi connectivity index (χ1v) is 15.7. The normalized spacial score (nSPS) is 19.7. The predicted molar refractivity (Wildman–Crippen MR) is 162 cm³/mol. The van der Waals surface area contributed by atoms with Gasteiger partial charge in [0.25, 0.3) is 0 Å². The molecule has 0 saturated carbocycles. The Balaban J connectivity index is 1.53. The van der Waals surface area contributed by atoms with E-state index in [1.165, 1.54) is 25.2 Å². The summed E-state index contributed by atoms with van der Waals surface area (Å²) in [6, 6.07) is 5.29. The fourth-order valence-electron chi connectivity index (χ4n) is 6.46. The van der Waals surface area contributed by atoms with Crippen molar-refractivity contribution in [3.63, 3.8) is 0 Å². The van der Waals surface area contributed by atoms with Gasteiger partial charge in [-0.25, -0.2) is 9.18 Å². The minimum absolute atomic E-state index is 0.0345. The molecule has 3 amide bonds. The lowest BCUT2D eigenvalue weighted by atomic mass is 9.77. The van der Waals surface area contributed by atoms with Crippen LogP contribution in [0.4, 0.5) is 35.5 Å². The molecule has 7 nitrogen and oxygen atoms in total. The van der Waals surface area contributed by atoms with Gasteiger partial charge in [-0.05, 0) is 94.0 Å². The number of nitrogens with zero attached hydrogens (tertiary/aromatic N) is 3. The number of amides is 3. The fraction of sp³-hybridized carbons (Fsp3) is 0.559. The average Bonchev–Trinajstić information content (AvgIpc) is 2.98. The van der Waals surface area contributed by atoms with Crippen molar-refractivity contribution in [2.24, 2.45) is 11.8 Å². The summed E-state index contributed by atoms with van der Waals surface area (Å²) in [4.78, 5) is 44.3. The van der Waals surface area contributed by atoms with Gasteiger partial charge in [-0.15, -0.1) is 0 Å². The zero-order chi connectivity index (χ0) is 35.8. The highest BCUT2D eigenvalue weighted by molar-refractivity contribution is 5.82. The Bertz CT molecular complexity index is 1480. The Labute approximate surface area is 275 Å². The van der Waals surface area contributed by atoms with Crippen LogP contribution in [0.5, 0.6) is 0 Å². The second-order valence-electron chi connectivity index (χ2n) is 13.6. The van der Waals surface area contributed by atoms with Gasteiger partial charge in [0, 0.05) is 57.5 Å². The van der Waals surface area contributed by atoms with Crippen molar-refractivity contribution in [1.82, 2.24) is 14.7 Å². The van der Waals surface area contributed by atoms with E-state index in [0.717, 1.165) is 4.90 Å². The molecule has 0 aliphatic carbocycles. The maximum absolute atomic E-state index is 14.1. The van der Waals surface area contributed by atoms with Crippen molar-refractivity contribution >= 4 is 17.9 Å². The SMILES string of the molecule is Cc1cc(F)ccc1[C@@H]1CN(C(=O)C2CCN(C(=O)OC(C)(C)C)CC2)CC[C@H]1C(=O)N(C)Cc1cc(C(F)(F)F)cc(C(F)(F)F)c1. The van der Waals surface area contributed by atoms with Crippen LogP contribution in [0.3, 0.4) is 0 Å². The molecule has 2 atom stereocenters. The zero-order valence-corrected chi connectivity index (χ0v) is 27.5. The Kier molecular flexibility index (Phi) is 10.7. The molecule has 0 spiro atoms. The Morgan fingerprint density at radius 1 is 0.854 bits per heavy atom. The minimum Gasteiger partial charge on any atom is -0.444 e. The molecule has 2 aromatic carbocycles. The van der Waals surface area contributed by atoms with E-state index in [1.807, 2.05) is 0 Å². The van der Waals surface area contributed by atoms with E-state index in [-0.39, 0.29) is 43.0 Å². The lowest BCUT2D eigenvalue weighted by molar-refractivity contribution is -0.144. The third-order valence-electron chi connectivity index (χ3n) is 8.81. The maximum atomic E-state index is 14.1. The van der Waals surface area contributed by atoms with Gasteiger partial charge in [0.15, 0.2) is 0 Å². The van der Waals surface area contributed by atoms with Gasteiger partial charge in [0.05, 0.1) is 11.1 Å². The van der Waals surface area contributed by atoms with E-state index in [9.17, 15) is 45.1 Å². The van der Waals surface area contributed by atoms with Crippen molar-refractivity contribution in [3.05, 3.63) is 70.0 Å². The van der Waals surface area contributed by atoms with Crippen molar-refractivity contribution in [2.45, 2.75) is 77.4 Å². The topological polar surface area (TPSA) is 70.2 Å². The van der Waals surface area contributed by atoms with Crippen molar-refractivity contribution in [1.29, 1.82) is 0 Å². The minimum atomic E-state index is -5.03. The number of rotatable bonds is 5. The molecule has 2 aromatic rings. The van der Waals surface area contributed by atoms with E-state index in [2.05, 4.69) is 0 Å². The molecule has 4 rings (SSSR count). The number of halogens is 7. The summed E-state index contributed by atoms with van der Waals surface area (Å²) < 4.78 is 100. The van der Waals surface area contributed by atoms with Crippen LogP contribution in [0.2, 0.25) is 0 Å². The number of likely N-dealkylation sites (tertiary alicyclic amines) is 2. The third-order valence-corrected chi connectivity index (χ3v) is 8.81. The van der Waals surface area contributed by atoms with Crippen LogP contribution in [0, 0.1) is 24.6 Å². The highest BCUT2D eigenvalue weighted by Crippen LogP contribution is 2.39. The predicted octanol–water partition coefficient (Wildman–Crippen LogP) is 7.41. The van der Waals surface area contributed by atoms with Crippen LogP contribution in [-0.4, -0.2) is 71.4 Å². The van der Waals surface area contributed by atoms with Crippen LogP contribution in [0.15, 0.2) is 36.4 Å². The molecule has 2 heterocycles. The van der Waals surface area contributed by atoms with Gasteiger partial charge in [0.2, 0.25) is 11.8 Å². The summed E-state index contributed by atoms with van der Waals surface area (Å²) in [5.74, 6) is -2.95. The maximum Gasteiger partial charge on any atom is 0.416 e. The van der Waals surface area contributed by atoms with E-state index in [0.29, 0.717) is 49.2 Å². The quantitative estimate of drug-likeness (QED) is 0.307. The molecule has 2 saturated heterocycles. The Morgan fingerprint density at radius 2 is 1.42 bits per heavy atom. The Morgan fingerprint density at radius 3 is 1.94 bits per heavy atom. The zero-order valence-electron chi connectivity index (χ0n) is 27.5. The molecular weight excluding hydrogens is 647 g/mol. The van der Waals surface area contributed by atoms with Crippen LogP contribution < -0.4 is 0 Å². The van der Waals surface area contributed by atoms with E-state index in [4.69, 9.17) is 4.74 Å². The number of aryl methyl sites for hydroxylation is 1. The van der Waals surface area contributed by atoms with E-state index in [1.54, 1.807) is 37.5 Å². The number of benzene rings is 2. The molecule has 0 N–H and O–H groups in total. The average molecular weight is 688 g/mol. The lowest BCUT2D eigenvalue weighted by Crippen LogP contribution is -2.51. The van der Waals surface area contributed by atoms with Gasteiger partial charge in [-0.1, -0.05) is 6.07 Å². The van der Waals surface area contributed by atoms with Crippen LogP contribution in [0.1, 0.15) is 73.8 Å². The van der Waals surface area contributed by atoms with Gasteiger partial charge in [-0.3, -0.25) is 9.59 Å². The Hall–Kier alpha value is -3.84. The van der Waals surface area contributed by atoms with E-state index < -0.39 is 65.3 Å². The molecule has 264 valence electrons. The first-order chi connectivity index (χ1) is 22.1. The monoisotopic (exact) mass is 687 g/mol. The second kappa shape index (κ2) is 13.9. The summed E-state index contributed by atoms with van der Waals surface area (Å²) in [6.45, 7) is 7.39. The van der Waals surface area contributed by atoms with Gasteiger partial charge in [-0.2, -0.15) is 26.3 Å². The van der Waals surface area contributed by atoms with Gasteiger partial charge < -0.3 is 19.4 Å². The summed E-state index contributed by atoms with van der Waals surface area (Å²) in [5, 5.41) is 0. The smallest absolute Gasteiger partial charge is 0.416 e. The molecule has 0 bridgehead atoms. The molecule has 2 aliphatic rings. The first kappa shape index (κ1) is 37.0. The van der Waals surface area contributed by atoms with E-state index >= 15 is 0 Å². The summed E-state index contributed by atoms with van der Waals surface area (Å²) in [7, 11) is 1.31. The fourth-order valence-corrected chi connectivity index (χ4v) is 6.46. The van der Waals surface area contributed by atoms with Crippen LogP contribution >= 0.6 is 0 Å². The molecule has 2 aliphatic heterocycles. The molecule has 2 fully saturated rings. The van der Waals surface area contributed by atoms with Crippen molar-refractivity contribution in [2.75, 3.05) is 33.2 Å².